The van der Waals surface area contributed by atoms with Gasteiger partial charge in [-0.25, -0.2) is 8.42 Å². The van der Waals surface area contributed by atoms with Crippen LogP contribution in [0.2, 0.25) is 0 Å². The molecule has 0 saturated carbocycles. The highest BCUT2D eigenvalue weighted by atomic mass is 32.2. The van der Waals surface area contributed by atoms with Crippen LogP contribution in [0, 0.1) is 0 Å². The summed E-state index contributed by atoms with van der Waals surface area (Å²) >= 11 is 0. The van der Waals surface area contributed by atoms with Crippen LogP contribution in [0.15, 0.2) is 47.4 Å². The number of fused-ring (bicyclic) bond motifs is 1. The lowest BCUT2D eigenvalue weighted by atomic mass is 10.1. The van der Waals surface area contributed by atoms with E-state index in [0.29, 0.717) is 30.3 Å². The van der Waals surface area contributed by atoms with Crippen LogP contribution in [0.4, 0.5) is 13.2 Å². The van der Waals surface area contributed by atoms with Crippen molar-refractivity contribution in [3.63, 3.8) is 0 Å². The smallest absolute Gasteiger partial charge is 0.490 e. The molecule has 178 valence electrons. The number of benzene rings is 2. The van der Waals surface area contributed by atoms with Gasteiger partial charge in [0.05, 0.1) is 18.1 Å². The lowest BCUT2D eigenvalue weighted by molar-refractivity contribution is -0.274. The zero-order valence-corrected chi connectivity index (χ0v) is 18.2. The fourth-order valence-electron chi connectivity index (χ4n) is 3.57. The van der Waals surface area contributed by atoms with E-state index in [2.05, 4.69) is 4.74 Å². The van der Waals surface area contributed by atoms with E-state index in [1.807, 2.05) is 0 Å². The molecule has 2 aromatic carbocycles. The number of rotatable bonds is 4. The van der Waals surface area contributed by atoms with Crippen LogP contribution in [0.25, 0.3) is 0 Å². The van der Waals surface area contributed by atoms with E-state index < -0.39 is 22.1 Å². The van der Waals surface area contributed by atoms with Crippen molar-refractivity contribution in [1.82, 2.24) is 9.21 Å². The molecule has 4 rings (SSSR count). The second-order valence-electron chi connectivity index (χ2n) is 7.43. The highest BCUT2D eigenvalue weighted by Crippen LogP contribution is 2.31. The minimum atomic E-state index is -4.86. The summed E-state index contributed by atoms with van der Waals surface area (Å²) in [5.74, 6) is 0.312. The Kier molecular flexibility index (Phi) is 6.39. The van der Waals surface area contributed by atoms with Crippen LogP contribution >= 0.6 is 0 Å². The van der Waals surface area contributed by atoms with E-state index >= 15 is 0 Å². The number of halogens is 3. The maximum atomic E-state index is 12.9. The number of nitrogens with zero attached hydrogens (tertiary/aromatic N) is 2. The summed E-state index contributed by atoms with van der Waals surface area (Å²) in [5, 5.41) is 0. The van der Waals surface area contributed by atoms with E-state index in [9.17, 15) is 26.4 Å². The molecule has 8 nitrogen and oxygen atoms in total. The Morgan fingerprint density at radius 1 is 0.909 bits per heavy atom. The van der Waals surface area contributed by atoms with E-state index in [4.69, 9.17) is 9.47 Å². The van der Waals surface area contributed by atoms with Crippen molar-refractivity contribution >= 4 is 15.9 Å². The van der Waals surface area contributed by atoms with Gasteiger partial charge in [-0.3, -0.25) is 4.79 Å². The van der Waals surface area contributed by atoms with E-state index in [1.54, 1.807) is 23.1 Å². The Morgan fingerprint density at radius 3 is 2.18 bits per heavy atom. The van der Waals surface area contributed by atoms with Crippen LogP contribution in [0.3, 0.4) is 0 Å². The molecule has 0 radical (unpaired) electrons. The normalized spacial score (nSPS) is 17.4. The highest BCUT2D eigenvalue weighted by Gasteiger charge is 2.33. The molecule has 0 bridgehead atoms. The molecule has 1 saturated heterocycles. The first-order valence-corrected chi connectivity index (χ1v) is 11.6. The number of hydrogen-bond acceptors (Lipinski definition) is 6. The number of alkyl halides is 3. The van der Waals surface area contributed by atoms with Crippen molar-refractivity contribution in [2.75, 3.05) is 39.4 Å². The van der Waals surface area contributed by atoms with Crippen molar-refractivity contribution in [3.05, 3.63) is 48.0 Å². The standard InChI is InChI=1S/C21H21F3N2O6S/c22-21(23,24)32-16-3-5-17(6-4-16)33(28,29)26-10-8-25(9-11-26)20(27)15-2-7-18-19(14-15)31-13-1-12-30-18/h2-7,14H,1,8-13H2. The van der Waals surface area contributed by atoms with Gasteiger partial charge >= 0.3 is 6.36 Å². The number of ether oxygens (including phenoxy) is 3. The molecule has 0 N–H and O–H groups in total. The maximum Gasteiger partial charge on any atom is 0.573 e. The zero-order chi connectivity index (χ0) is 23.6. The minimum Gasteiger partial charge on any atom is -0.490 e. The Labute approximate surface area is 188 Å². The molecule has 12 heteroatoms. The predicted molar refractivity (Wildman–Crippen MR) is 110 cm³/mol. The van der Waals surface area contributed by atoms with Crippen LogP contribution < -0.4 is 14.2 Å². The quantitative estimate of drug-likeness (QED) is 0.661. The number of carbonyl (C=O) groups is 1. The second-order valence-corrected chi connectivity index (χ2v) is 9.37. The third-order valence-corrected chi connectivity index (χ3v) is 7.13. The first kappa shape index (κ1) is 23.2. The largest absolute Gasteiger partial charge is 0.573 e. The summed E-state index contributed by atoms with van der Waals surface area (Å²) in [6.07, 6.45) is -4.12. The van der Waals surface area contributed by atoms with Gasteiger partial charge < -0.3 is 19.1 Å². The van der Waals surface area contributed by atoms with E-state index in [-0.39, 0.29) is 37.0 Å². The molecule has 1 fully saturated rings. The van der Waals surface area contributed by atoms with Gasteiger partial charge in [0.15, 0.2) is 11.5 Å². The molecule has 0 aromatic heterocycles. The van der Waals surface area contributed by atoms with Gasteiger partial charge in [0.1, 0.15) is 5.75 Å². The lowest BCUT2D eigenvalue weighted by Crippen LogP contribution is -2.50. The van der Waals surface area contributed by atoms with Crippen LogP contribution in [0.5, 0.6) is 17.2 Å². The SMILES string of the molecule is O=C(c1ccc2c(c1)OCCCO2)N1CCN(S(=O)(=O)c2ccc(OC(F)(F)F)cc2)CC1. The summed E-state index contributed by atoms with van der Waals surface area (Å²) in [7, 11) is -3.93. The molecule has 2 heterocycles. The molecule has 0 spiro atoms. The summed E-state index contributed by atoms with van der Waals surface area (Å²) in [5.41, 5.74) is 0.413. The fourth-order valence-corrected chi connectivity index (χ4v) is 4.99. The predicted octanol–water partition coefficient (Wildman–Crippen LogP) is 2.89. The Morgan fingerprint density at radius 2 is 1.55 bits per heavy atom. The Bertz CT molecular complexity index is 1110. The van der Waals surface area contributed by atoms with Gasteiger partial charge in [-0.15, -0.1) is 13.2 Å². The molecular weight excluding hydrogens is 465 g/mol. The van der Waals surface area contributed by atoms with E-state index in [1.165, 1.54) is 4.31 Å². The summed E-state index contributed by atoms with van der Waals surface area (Å²) in [6.45, 7) is 1.47. The minimum absolute atomic E-state index is 0.0550. The molecule has 2 aromatic rings. The number of sulfonamides is 1. The zero-order valence-electron chi connectivity index (χ0n) is 17.4. The molecule has 2 aliphatic heterocycles. The van der Waals surface area contributed by atoms with E-state index in [0.717, 1.165) is 30.7 Å². The lowest BCUT2D eigenvalue weighted by Gasteiger charge is -2.34. The molecule has 33 heavy (non-hydrogen) atoms. The topological polar surface area (TPSA) is 85.4 Å². The number of piperazine rings is 1. The van der Waals surface area contributed by atoms with Gasteiger partial charge in [0, 0.05) is 38.2 Å². The van der Waals surface area contributed by atoms with Crippen LogP contribution in [0.1, 0.15) is 16.8 Å². The van der Waals surface area contributed by atoms with Crippen LogP contribution in [-0.2, 0) is 10.0 Å². The van der Waals surface area contributed by atoms with Gasteiger partial charge in [0.25, 0.3) is 5.91 Å². The van der Waals surface area contributed by atoms with Crippen LogP contribution in [-0.4, -0.2) is 69.3 Å². The maximum absolute atomic E-state index is 12.9. The summed E-state index contributed by atoms with van der Waals surface area (Å²) < 4.78 is 78.8. The summed E-state index contributed by atoms with van der Waals surface area (Å²) in [4.78, 5) is 14.3. The summed E-state index contributed by atoms with van der Waals surface area (Å²) in [6, 6.07) is 8.97. The molecule has 0 atom stereocenters. The monoisotopic (exact) mass is 486 g/mol. The average molecular weight is 486 g/mol. The molecule has 0 aliphatic carbocycles. The second kappa shape index (κ2) is 9.10. The van der Waals surface area contributed by atoms with Crippen molar-refractivity contribution in [2.24, 2.45) is 0 Å². The molecule has 0 unspecified atom stereocenters. The first-order valence-electron chi connectivity index (χ1n) is 10.2. The molecule has 2 aliphatic rings. The fraction of sp³-hybridized carbons (Fsp3) is 0.381. The highest BCUT2D eigenvalue weighted by molar-refractivity contribution is 7.89. The van der Waals surface area contributed by atoms with Crippen molar-refractivity contribution in [3.8, 4) is 17.2 Å². The van der Waals surface area contributed by atoms with Gasteiger partial charge in [-0.1, -0.05) is 0 Å². The number of amides is 1. The average Bonchev–Trinajstić information content (AvgIpc) is 3.03. The third kappa shape index (κ3) is 5.33. The molecular formula is C21H21F3N2O6S. The van der Waals surface area contributed by atoms with Gasteiger partial charge in [-0.05, 0) is 42.5 Å². The first-order chi connectivity index (χ1) is 15.6. The van der Waals surface area contributed by atoms with Gasteiger partial charge in [0.2, 0.25) is 10.0 Å². The van der Waals surface area contributed by atoms with Crippen molar-refractivity contribution < 1.29 is 40.6 Å². The number of carbonyl (C=O) groups excluding carboxylic acids is 1. The molecule has 1 amide bonds. The Hall–Kier alpha value is -2.99. The third-order valence-electron chi connectivity index (χ3n) is 5.22. The number of hydrogen-bond donors (Lipinski definition) is 0. The van der Waals surface area contributed by atoms with Crippen molar-refractivity contribution in [1.29, 1.82) is 0 Å². The Balaban J connectivity index is 1.40. The van der Waals surface area contributed by atoms with Crippen molar-refractivity contribution in [2.45, 2.75) is 17.7 Å². The van der Waals surface area contributed by atoms with Gasteiger partial charge in [-0.2, -0.15) is 4.31 Å².